The number of alkyl halides is 3. The Morgan fingerprint density at radius 3 is 2.58 bits per heavy atom. The molecule has 6 nitrogen and oxygen atoms in total. The minimum absolute atomic E-state index is 0.113. The number of aromatic amines is 1. The number of hydrogen-bond donors (Lipinski definition) is 1. The van der Waals surface area contributed by atoms with Crippen LogP contribution in [0.25, 0.3) is 16.7 Å². The number of benzene rings is 1. The zero-order valence-electron chi connectivity index (χ0n) is 13.6. The van der Waals surface area contributed by atoms with E-state index >= 15 is 0 Å². The number of aromatic nitrogens is 4. The number of nitrogens with zero attached hydrogens (tertiary/aromatic N) is 4. The summed E-state index contributed by atoms with van der Waals surface area (Å²) >= 11 is 0. The Hall–Kier alpha value is -3.41. The van der Waals surface area contributed by atoms with Gasteiger partial charge in [0.25, 0.3) is 5.56 Å². The molecule has 0 radical (unpaired) electrons. The van der Waals surface area contributed by atoms with Crippen LogP contribution in [-0.4, -0.2) is 19.7 Å². The molecular formula is C17H12F3N5O. The highest BCUT2D eigenvalue weighted by Gasteiger charge is 2.30. The standard InChI is InChI=1S/C17H12F3N5O/c1-9(11-3-5-12(6-4-11)17(18,19)20)25-15-14(13(24-25)7-8-21)16(26)23-10(2)22-15/h3-6H,1,7H2,2H3,(H,22,23,26). The van der Waals surface area contributed by atoms with Gasteiger partial charge in [0, 0.05) is 0 Å². The van der Waals surface area contributed by atoms with Gasteiger partial charge in [0.15, 0.2) is 5.65 Å². The van der Waals surface area contributed by atoms with Crippen molar-refractivity contribution in [1.29, 1.82) is 5.26 Å². The van der Waals surface area contributed by atoms with Crippen LogP contribution in [0.15, 0.2) is 35.6 Å². The fourth-order valence-corrected chi connectivity index (χ4v) is 2.56. The molecule has 2 aromatic heterocycles. The Morgan fingerprint density at radius 2 is 2.00 bits per heavy atom. The number of rotatable bonds is 3. The number of fused-ring (bicyclic) bond motifs is 1. The second-order valence-electron chi connectivity index (χ2n) is 5.57. The zero-order chi connectivity index (χ0) is 19.1. The Balaban J connectivity index is 2.14. The number of nitriles is 1. The number of aryl methyl sites for hydroxylation is 1. The van der Waals surface area contributed by atoms with Gasteiger partial charge < -0.3 is 4.98 Å². The SMILES string of the molecule is C=C(c1ccc(C(F)(F)F)cc1)n1nc(CC#N)c2c(=O)[nH]c(C)nc21. The molecule has 0 atom stereocenters. The van der Waals surface area contributed by atoms with E-state index in [1.54, 1.807) is 6.92 Å². The Kier molecular flexibility index (Phi) is 4.12. The monoisotopic (exact) mass is 359 g/mol. The Morgan fingerprint density at radius 1 is 1.35 bits per heavy atom. The molecule has 0 saturated heterocycles. The summed E-state index contributed by atoms with van der Waals surface area (Å²) in [5.41, 5.74) is -0.180. The first-order valence-corrected chi connectivity index (χ1v) is 7.44. The maximum Gasteiger partial charge on any atom is 0.416 e. The first-order chi connectivity index (χ1) is 12.2. The van der Waals surface area contributed by atoms with Crippen LogP contribution >= 0.6 is 0 Å². The maximum absolute atomic E-state index is 12.7. The summed E-state index contributed by atoms with van der Waals surface area (Å²) in [5.74, 6) is 0.340. The molecule has 0 spiro atoms. The van der Waals surface area contributed by atoms with Crippen LogP contribution in [0.4, 0.5) is 13.2 Å². The fraction of sp³-hybridized carbons (Fsp3) is 0.176. The van der Waals surface area contributed by atoms with Crippen molar-refractivity contribution in [2.45, 2.75) is 19.5 Å². The Labute approximate surface area is 145 Å². The van der Waals surface area contributed by atoms with Gasteiger partial charge in [-0.3, -0.25) is 4.79 Å². The molecule has 0 unspecified atom stereocenters. The molecule has 0 bridgehead atoms. The molecule has 0 aliphatic heterocycles. The van der Waals surface area contributed by atoms with Crippen LogP contribution in [-0.2, 0) is 12.6 Å². The van der Waals surface area contributed by atoms with Crippen molar-refractivity contribution in [2.24, 2.45) is 0 Å². The molecule has 1 aromatic carbocycles. The fourth-order valence-electron chi connectivity index (χ4n) is 2.56. The summed E-state index contributed by atoms with van der Waals surface area (Å²) in [6, 6.07) is 6.33. The molecule has 2 heterocycles. The van der Waals surface area contributed by atoms with Gasteiger partial charge in [-0.1, -0.05) is 18.7 Å². The van der Waals surface area contributed by atoms with Crippen molar-refractivity contribution in [3.05, 3.63) is 63.8 Å². The molecule has 0 aliphatic rings. The quantitative estimate of drug-likeness (QED) is 0.779. The second-order valence-corrected chi connectivity index (χ2v) is 5.57. The van der Waals surface area contributed by atoms with Gasteiger partial charge in [-0.25, -0.2) is 9.67 Å². The lowest BCUT2D eigenvalue weighted by atomic mass is 10.1. The molecule has 0 fully saturated rings. The molecule has 1 N–H and O–H groups in total. The van der Waals surface area contributed by atoms with Crippen molar-refractivity contribution in [3.8, 4) is 6.07 Å². The topological polar surface area (TPSA) is 87.4 Å². The smallest absolute Gasteiger partial charge is 0.310 e. The van der Waals surface area contributed by atoms with Gasteiger partial charge in [-0.05, 0) is 24.6 Å². The van der Waals surface area contributed by atoms with E-state index in [-0.39, 0.29) is 28.8 Å². The first kappa shape index (κ1) is 17.4. The van der Waals surface area contributed by atoms with Crippen LogP contribution in [0, 0.1) is 18.3 Å². The lowest BCUT2D eigenvalue weighted by Gasteiger charge is -2.10. The zero-order valence-corrected chi connectivity index (χ0v) is 13.6. The van der Waals surface area contributed by atoms with E-state index in [1.807, 2.05) is 6.07 Å². The van der Waals surface area contributed by atoms with Crippen LogP contribution in [0.2, 0.25) is 0 Å². The molecule has 3 rings (SSSR count). The van der Waals surface area contributed by atoms with Crippen LogP contribution in [0.1, 0.15) is 22.6 Å². The van der Waals surface area contributed by atoms with Crippen LogP contribution in [0.3, 0.4) is 0 Å². The molecule has 9 heteroatoms. The third kappa shape index (κ3) is 2.97. The Bertz CT molecular complexity index is 1100. The minimum Gasteiger partial charge on any atom is -0.310 e. The summed E-state index contributed by atoms with van der Waals surface area (Å²) in [4.78, 5) is 19.0. The van der Waals surface area contributed by atoms with E-state index in [2.05, 4.69) is 21.6 Å². The summed E-state index contributed by atoms with van der Waals surface area (Å²) < 4.78 is 39.4. The normalized spacial score (nSPS) is 11.5. The molecule has 132 valence electrons. The maximum atomic E-state index is 12.7. The summed E-state index contributed by atoms with van der Waals surface area (Å²) in [6.45, 7) is 5.44. The first-order valence-electron chi connectivity index (χ1n) is 7.44. The van der Waals surface area contributed by atoms with E-state index in [1.165, 1.54) is 16.8 Å². The van der Waals surface area contributed by atoms with Gasteiger partial charge in [0.1, 0.15) is 11.2 Å². The molecule has 0 aliphatic carbocycles. The summed E-state index contributed by atoms with van der Waals surface area (Å²) in [6.07, 6.45) is -4.55. The average molecular weight is 359 g/mol. The van der Waals surface area contributed by atoms with Crippen LogP contribution in [0.5, 0.6) is 0 Å². The number of hydrogen-bond acceptors (Lipinski definition) is 4. The molecule has 3 aromatic rings. The van der Waals surface area contributed by atoms with Gasteiger partial charge in [0.2, 0.25) is 0 Å². The van der Waals surface area contributed by atoms with Gasteiger partial charge in [-0.2, -0.15) is 23.5 Å². The van der Waals surface area contributed by atoms with E-state index < -0.39 is 17.3 Å². The van der Waals surface area contributed by atoms with E-state index in [4.69, 9.17) is 5.26 Å². The highest BCUT2D eigenvalue weighted by atomic mass is 19.4. The summed E-state index contributed by atoms with van der Waals surface area (Å²) in [7, 11) is 0. The third-order valence-corrected chi connectivity index (χ3v) is 3.78. The largest absolute Gasteiger partial charge is 0.416 e. The third-order valence-electron chi connectivity index (χ3n) is 3.78. The number of nitrogens with one attached hydrogen (secondary N) is 1. The lowest BCUT2D eigenvalue weighted by molar-refractivity contribution is -0.137. The second kappa shape index (κ2) is 6.15. The highest BCUT2D eigenvalue weighted by Crippen LogP contribution is 2.30. The van der Waals surface area contributed by atoms with Gasteiger partial charge in [0.05, 0.1) is 29.4 Å². The van der Waals surface area contributed by atoms with Crippen molar-refractivity contribution in [3.63, 3.8) is 0 Å². The lowest BCUT2D eigenvalue weighted by Crippen LogP contribution is -2.11. The van der Waals surface area contributed by atoms with Crippen LogP contribution < -0.4 is 5.56 Å². The number of halogens is 3. The van der Waals surface area contributed by atoms with Gasteiger partial charge in [-0.15, -0.1) is 0 Å². The highest BCUT2D eigenvalue weighted by molar-refractivity contribution is 5.82. The molecule has 0 saturated carbocycles. The van der Waals surface area contributed by atoms with E-state index in [9.17, 15) is 18.0 Å². The predicted molar refractivity (Wildman–Crippen MR) is 88.1 cm³/mol. The number of H-pyrrole nitrogens is 1. The molecule has 0 amide bonds. The van der Waals surface area contributed by atoms with E-state index in [0.717, 1.165) is 12.1 Å². The molecular weight excluding hydrogens is 347 g/mol. The van der Waals surface area contributed by atoms with Crippen molar-refractivity contribution >= 4 is 16.7 Å². The predicted octanol–water partition coefficient (Wildman–Crippen LogP) is 3.03. The van der Waals surface area contributed by atoms with Crippen molar-refractivity contribution in [1.82, 2.24) is 19.7 Å². The minimum atomic E-state index is -4.44. The average Bonchev–Trinajstić information content (AvgIpc) is 2.92. The van der Waals surface area contributed by atoms with Crippen molar-refractivity contribution in [2.75, 3.05) is 0 Å². The summed E-state index contributed by atoms with van der Waals surface area (Å²) in [5, 5.41) is 13.3. The van der Waals surface area contributed by atoms with E-state index in [0.29, 0.717) is 11.4 Å². The van der Waals surface area contributed by atoms with Gasteiger partial charge >= 0.3 is 6.18 Å². The van der Waals surface area contributed by atoms with Crippen molar-refractivity contribution < 1.29 is 13.2 Å². The molecule has 26 heavy (non-hydrogen) atoms.